The molecule has 1 N–H and O–H groups in total. The van der Waals surface area contributed by atoms with Gasteiger partial charge in [-0.15, -0.1) is 0 Å². The van der Waals surface area contributed by atoms with E-state index in [1.165, 1.54) is 5.56 Å². The molecule has 2 aromatic rings. The molecular formula is C19H26N4OS. The van der Waals surface area contributed by atoms with E-state index < -0.39 is 0 Å². The highest BCUT2D eigenvalue weighted by Crippen LogP contribution is 2.38. The first-order valence-electron chi connectivity index (χ1n) is 8.76. The highest BCUT2D eigenvalue weighted by molar-refractivity contribution is 7.80. The van der Waals surface area contributed by atoms with Crippen molar-refractivity contribution in [2.24, 2.45) is 0 Å². The van der Waals surface area contributed by atoms with Gasteiger partial charge >= 0.3 is 0 Å². The van der Waals surface area contributed by atoms with Crippen molar-refractivity contribution in [2.45, 2.75) is 38.4 Å². The molecule has 1 aliphatic heterocycles. The van der Waals surface area contributed by atoms with Gasteiger partial charge in [0.25, 0.3) is 0 Å². The number of nitrogens with zero attached hydrogens (tertiary/aromatic N) is 3. The van der Waals surface area contributed by atoms with Crippen molar-refractivity contribution < 1.29 is 4.74 Å². The largest absolute Gasteiger partial charge is 0.385 e. The van der Waals surface area contributed by atoms with Crippen molar-refractivity contribution in [1.29, 1.82) is 0 Å². The van der Waals surface area contributed by atoms with Gasteiger partial charge in [-0.2, -0.15) is 0 Å². The van der Waals surface area contributed by atoms with Gasteiger partial charge in [0.05, 0.1) is 17.8 Å². The lowest BCUT2D eigenvalue weighted by Gasteiger charge is -2.27. The molecule has 2 aromatic heterocycles. The Morgan fingerprint density at radius 3 is 2.80 bits per heavy atom. The molecule has 1 aliphatic rings. The molecule has 0 unspecified atom stereocenters. The van der Waals surface area contributed by atoms with Crippen LogP contribution in [0.3, 0.4) is 0 Å². The van der Waals surface area contributed by atoms with Gasteiger partial charge in [-0.25, -0.2) is 0 Å². The van der Waals surface area contributed by atoms with Gasteiger partial charge in [-0.1, -0.05) is 6.07 Å². The van der Waals surface area contributed by atoms with E-state index in [1.807, 2.05) is 18.3 Å². The predicted molar refractivity (Wildman–Crippen MR) is 103 cm³/mol. The fourth-order valence-corrected chi connectivity index (χ4v) is 3.65. The molecule has 6 heteroatoms. The lowest BCUT2D eigenvalue weighted by molar-refractivity contribution is 0.180. The van der Waals surface area contributed by atoms with E-state index in [4.69, 9.17) is 17.0 Å². The number of hydrogen-bond acceptors (Lipinski definition) is 3. The summed E-state index contributed by atoms with van der Waals surface area (Å²) >= 11 is 5.64. The molecule has 3 rings (SSSR count). The zero-order chi connectivity index (χ0) is 17.8. The molecule has 134 valence electrons. The Morgan fingerprint density at radius 1 is 1.32 bits per heavy atom. The lowest BCUT2D eigenvalue weighted by atomic mass is 9.99. The standard InChI is InChI=1S/C19H26N4OS/c1-14(2)22-11-8-15(13-22)18-17(16-7-4-5-9-20-16)21-19(25)23(18)10-6-12-24-3/h4-5,7-9,11,13-14,17-18H,6,10,12H2,1-3H3,(H,21,25)/t17-,18-/m1/s1. The van der Waals surface area contributed by atoms with E-state index in [0.29, 0.717) is 6.04 Å². The molecular weight excluding hydrogens is 332 g/mol. The van der Waals surface area contributed by atoms with Crippen LogP contribution in [0.1, 0.15) is 49.7 Å². The normalized spacial score (nSPS) is 20.3. The Kier molecular flexibility index (Phi) is 5.71. The summed E-state index contributed by atoms with van der Waals surface area (Å²) in [6.07, 6.45) is 7.15. The molecule has 2 atom stereocenters. The van der Waals surface area contributed by atoms with Crippen LogP contribution in [0.5, 0.6) is 0 Å². The minimum Gasteiger partial charge on any atom is -0.385 e. The molecule has 0 spiro atoms. The lowest BCUT2D eigenvalue weighted by Crippen LogP contribution is -2.31. The summed E-state index contributed by atoms with van der Waals surface area (Å²) in [4.78, 5) is 6.83. The van der Waals surface area contributed by atoms with E-state index in [0.717, 1.165) is 30.4 Å². The summed E-state index contributed by atoms with van der Waals surface area (Å²) in [6, 6.07) is 8.85. The summed E-state index contributed by atoms with van der Waals surface area (Å²) in [5, 5.41) is 4.27. The highest BCUT2D eigenvalue weighted by atomic mass is 32.1. The van der Waals surface area contributed by atoms with Gasteiger partial charge in [0.2, 0.25) is 0 Å². The van der Waals surface area contributed by atoms with Crippen LogP contribution in [-0.4, -0.2) is 39.8 Å². The van der Waals surface area contributed by atoms with Crippen LogP contribution in [0.2, 0.25) is 0 Å². The van der Waals surface area contributed by atoms with Gasteiger partial charge < -0.3 is 19.5 Å². The van der Waals surface area contributed by atoms with Crippen molar-refractivity contribution in [3.63, 3.8) is 0 Å². The van der Waals surface area contributed by atoms with Gasteiger partial charge in [0, 0.05) is 44.9 Å². The summed E-state index contributed by atoms with van der Waals surface area (Å²) in [6.45, 7) is 5.97. The van der Waals surface area contributed by atoms with Crippen LogP contribution < -0.4 is 5.32 Å². The summed E-state index contributed by atoms with van der Waals surface area (Å²) in [7, 11) is 1.73. The third-order valence-corrected chi connectivity index (χ3v) is 4.97. The van der Waals surface area contributed by atoms with Crippen LogP contribution in [0.25, 0.3) is 0 Å². The molecule has 0 aromatic carbocycles. The molecule has 3 heterocycles. The number of pyridine rings is 1. The van der Waals surface area contributed by atoms with Crippen molar-refractivity contribution in [3.05, 3.63) is 54.1 Å². The SMILES string of the molecule is COCCCN1C(=S)N[C@H](c2ccccn2)[C@H]1c1ccn(C(C)C)c1. The topological polar surface area (TPSA) is 42.3 Å². The van der Waals surface area contributed by atoms with Crippen LogP contribution >= 0.6 is 12.2 Å². The maximum absolute atomic E-state index is 5.64. The number of thiocarbonyl (C=S) groups is 1. The van der Waals surface area contributed by atoms with Crippen molar-refractivity contribution in [2.75, 3.05) is 20.3 Å². The van der Waals surface area contributed by atoms with E-state index in [-0.39, 0.29) is 12.1 Å². The molecule has 5 nitrogen and oxygen atoms in total. The Morgan fingerprint density at radius 2 is 2.16 bits per heavy atom. The van der Waals surface area contributed by atoms with Gasteiger partial charge in [0.15, 0.2) is 5.11 Å². The first-order valence-corrected chi connectivity index (χ1v) is 9.17. The van der Waals surface area contributed by atoms with Gasteiger partial charge in [-0.05, 0) is 56.2 Å². The second-order valence-corrected chi connectivity index (χ2v) is 7.04. The number of aromatic nitrogens is 2. The number of methoxy groups -OCH3 is 1. The quantitative estimate of drug-likeness (QED) is 0.606. The van der Waals surface area contributed by atoms with Crippen LogP contribution in [0, 0.1) is 0 Å². The molecule has 25 heavy (non-hydrogen) atoms. The predicted octanol–water partition coefficient (Wildman–Crippen LogP) is 3.47. The minimum atomic E-state index is 0.0549. The zero-order valence-corrected chi connectivity index (χ0v) is 15.9. The second-order valence-electron chi connectivity index (χ2n) is 6.65. The monoisotopic (exact) mass is 358 g/mol. The highest BCUT2D eigenvalue weighted by Gasteiger charge is 2.39. The minimum absolute atomic E-state index is 0.0549. The molecule has 1 fully saturated rings. The first-order chi connectivity index (χ1) is 12.1. The van der Waals surface area contributed by atoms with E-state index in [1.54, 1.807) is 7.11 Å². The maximum Gasteiger partial charge on any atom is 0.170 e. The molecule has 0 amide bonds. The Hall–Kier alpha value is -1.92. The van der Waals surface area contributed by atoms with Crippen LogP contribution in [0.15, 0.2) is 42.9 Å². The number of rotatable bonds is 7. The zero-order valence-electron chi connectivity index (χ0n) is 15.1. The fraction of sp³-hybridized carbons (Fsp3) is 0.474. The smallest absolute Gasteiger partial charge is 0.170 e. The fourth-order valence-electron chi connectivity index (χ4n) is 3.32. The number of nitrogens with one attached hydrogen (secondary N) is 1. The molecule has 0 saturated carbocycles. The third kappa shape index (κ3) is 3.85. The number of ether oxygens (including phenoxy) is 1. The summed E-state index contributed by atoms with van der Waals surface area (Å²) in [5.41, 5.74) is 2.27. The van der Waals surface area contributed by atoms with E-state index in [2.05, 4.69) is 58.1 Å². The van der Waals surface area contributed by atoms with Gasteiger partial charge in [-0.3, -0.25) is 4.98 Å². The maximum atomic E-state index is 5.64. The Balaban J connectivity index is 1.92. The second kappa shape index (κ2) is 7.97. The summed E-state index contributed by atoms with van der Waals surface area (Å²) < 4.78 is 7.45. The Labute approximate surface area is 155 Å². The molecule has 0 bridgehead atoms. The van der Waals surface area contributed by atoms with Crippen molar-refractivity contribution in [3.8, 4) is 0 Å². The van der Waals surface area contributed by atoms with Crippen molar-refractivity contribution in [1.82, 2.24) is 19.8 Å². The first kappa shape index (κ1) is 17.9. The molecule has 1 saturated heterocycles. The average Bonchev–Trinajstić information content (AvgIpc) is 3.21. The van der Waals surface area contributed by atoms with E-state index in [9.17, 15) is 0 Å². The number of hydrogen-bond donors (Lipinski definition) is 1. The summed E-state index contributed by atoms with van der Waals surface area (Å²) in [5.74, 6) is 0. The van der Waals surface area contributed by atoms with Crippen LogP contribution in [-0.2, 0) is 4.74 Å². The third-order valence-electron chi connectivity index (χ3n) is 4.62. The van der Waals surface area contributed by atoms with Crippen LogP contribution in [0.4, 0.5) is 0 Å². The van der Waals surface area contributed by atoms with Gasteiger partial charge in [0.1, 0.15) is 0 Å². The average molecular weight is 359 g/mol. The molecule has 0 radical (unpaired) electrons. The van der Waals surface area contributed by atoms with E-state index >= 15 is 0 Å². The molecule has 0 aliphatic carbocycles. The Bertz CT molecular complexity index is 700. The van der Waals surface area contributed by atoms with Crippen molar-refractivity contribution >= 4 is 17.3 Å².